The number of hydrogen-bond donors (Lipinski definition) is 1. The molecular formula is C18H28N4O. The summed E-state index contributed by atoms with van der Waals surface area (Å²) in [5.41, 5.74) is 1.86. The summed E-state index contributed by atoms with van der Waals surface area (Å²) in [6, 6.07) is 7.75. The van der Waals surface area contributed by atoms with Crippen LogP contribution in [0.2, 0.25) is 0 Å². The number of rotatable bonds is 3. The molecule has 1 fully saturated rings. The minimum absolute atomic E-state index is 0.0302. The molecule has 0 spiro atoms. The number of hydrogen-bond acceptors (Lipinski definition) is 2. The fourth-order valence-electron chi connectivity index (χ4n) is 2.92. The molecule has 0 aromatic heterocycles. The zero-order valence-electron chi connectivity index (χ0n) is 14.7. The predicted octanol–water partition coefficient (Wildman–Crippen LogP) is 2.20. The standard InChI is InChI=1S/C18H28N4O/c1-14-6-5-11-22(13-14)18(19-2)20-12-15-7-9-16(10-8-15)17(23)21(3)4/h7-10,14H,5-6,11-13H2,1-4H3,(H,19,20). The van der Waals surface area contributed by atoms with Gasteiger partial charge < -0.3 is 15.1 Å². The summed E-state index contributed by atoms with van der Waals surface area (Å²) in [5, 5.41) is 3.43. The van der Waals surface area contributed by atoms with Gasteiger partial charge in [0.05, 0.1) is 0 Å². The Kier molecular flexibility index (Phi) is 6.02. The van der Waals surface area contributed by atoms with Crippen molar-refractivity contribution < 1.29 is 4.79 Å². The molecule has 1 aliphatic rings. The Labute approximate surface area is 139 Å². The molecule has 1 unspecified atom stereocenters. The first-order valence-corrected chi connectivity index (χ1v) is 8.27. The van der Waals surface area contributed by atoms with Gasteiger partial charge in [0.1, 0.15) is 0 Å². The van der Waals surface area contributed by atoms with Crippen LogP contribution in [-0.2, 0) is 6.54 Å². The molecule has 5 nitrogen and oxygen atoms in total. The van der Waals surface area contributed by atoms with Gasteiger partial charge in [-0.05, 0) is 36.5 Å². The van der Waals surface area contributed by atoms with Crippen molar-refractivity contribution in [2.24, 2.45) is 10.9 Å². The van der Waals surface area contributed by atoms with Crippen LogP contribution in [0.1, 0.15) is 35.7 Å². The van der Waals surface area contributed by atoms with Gasteiger partial charge in [-0.2, -0.15) is 0 Å². The number of likely N-dealkylation sites (tertiary alicyclic amines) is 1. The third-order valence-electron chi connectivity index (χ3n) is 4.23. The molecule has 1 amide bonds. The highest BCUT2D eigenvalue weighted by Gasteiger charge is 2.19. The third-order valence-corrected chi connectivity index (χ3v) is 4.23. The molecule has 5 heteroatoms. The summed E-state index contributed by atoms with van der Waals surface area (Å²) >= 11 is 0. The van der Waals surface area contributed by atoms with E-state index in [1.54, 1.807) is 19.0 Å². The molecule has 1 aliphatic heterocycles. The van der Waals surface area contributed by atoms with Gasteiger partial charge in [0.2, 0.25) is 0 Å². The molecule has 1 saturated heterocycles. The van der Waals surface area contributed by atoms with Crippen molar-refractivity contribution in [3.05, 3.63) is 35.4 Å². The second-order valence-electron chi connectivity index (χ2n) is 6.49. The lowest BCUT2D eigenvalue weighted by Crippen LogP contribution is -2.45. The van der Waals surface area contributed by atoms with Crippen molar-refractivity contribution in [2.45, 2.75) is 26.3 Å². The number of benzene rings is 1. The van der Waals surface area contributed by atoms with Crippen LogP contribution in [0.4, 0.5) is 0 Å². The van der Waals surface area contributed by atoms with Crippen molar-refractivity contribution in [3.63, 3.8) is 0 Å². The summed E-state index contributed by atoms with van der Waals surface area (Å²) in [6.45, 7) is 5.14. The van der Waals surface area contributed by atoms with Gasteiger partial charge in [0.15, 0.2) is 5.96 Å². The fourth-order valence-corrected chi connectivity index (χ4v) is 2.92. The highest BCUT2D eigenvalue weighted by molar-refractivity contribution is 5.93. The second kappa shape index (κ2) is 7.99. The van der Waals surface area contributed by atoms with E-state index in [0.29, 0.717) is 12.1 Å². The number of carbonyl (C=O) groups excluding carboxylic acids is 1. The monoisotopic (exact) mass is 316 g/mol. The van der Waals surface area contributed by atoms with Crippen LogP contribution in [0.5, 0.6) is 0 Å². The molecule has 1 aromatic rings. The van der Waals surface area contributed by atoms with Gasteiger partial charge in [-0.25, -0.2) is 0 Å². The summed E-state index contributed by atoms with van der Waals surface area (Å²) in [6.07, 6.45) is 2.53. The van der Waals surface area contributed by atoms with Crippen LogP contribution in [-0.4, -0.2) is 55.9 Å². The second-order valence-corrected chi connectivity index (χ2v) is 6.49. The summed E-state index contributed by atoms with van der Waals surface area (Å²) in [7, 11) is 5.36. The number of nitrogens with one attached hydrogen (secondary N) is 1. The van der Waals surface area contributed by atoms with Gasteiger partial charge >= 0.3 is 0 Å². The Bertz CT molecular complexity index is 551. The van der Waals surface area contributed by atoms with Gasteiger partial charge in [0.25, 0.3) is 5.91 Å². The Morgan fingerprint density at radius 2 is 2.04 bits per heavy atom. The van der Waals surface area contributed by atoms with Crippen LogP contribution >= 0.6 is 0 Å². The van der Waals surface area contributed by atoms with Gasteiger partial charge in [-0.3, -0.25) is 9.79 Å². The van der Waals surface area contributed by atoms with Crippen LogP contribution in [0.3, 0.4) is 0 Å². The number of piperidine rings is 1. The zero-order valence-corrected chi connectivity index (χ0v) is 14.7. The number of nitrogens with zero attached hydrogens (tertiary/aromatic N) is 3. The first kappa shape index (κ1) is 17.3. The van der Waals surface area contributed by atoms with Crippen LogP contribution in [0.15, 0.2) is 29.3 Å². The van der Waals surface area contributed by atoms with Gasteiger partial charge in [0, 0.05) is 46.3 Å². The lowest BCUT2D eigenvalue weighted by Gasteiger charge is -2.33. The lowest BCUT2D eigenvalue weighted by molar-refractivity contribution is 0.0827. The molecule has 0 bridgehead atoms. The average Bonchev–Trinajstić information content (AvgIpc) is 2.55. The summed E-state index contributed by atoms with van der Waals surface area (Å²) < 4.78 is 0. The molecular weight excluding hydrogens is 288 g/mol. The van der Waals surface area contributed by atoms with Crippen molar-refractivity contribution in [1.29, 1.82) is 0 Å². The normalized spacial score (nSPS) is 18.7. The Morgan fingerprint density at radius 3 is 2.61 bits per heavy atom. The smallest absolute Gasteiger partial charge is 0.253 e. The van der Waals surface area contributed by atoms with Crippen LogP contribution in [0, 0.1) is 5.92 Å². The van der Waals surface area contributed by atoms with E-state index in [2.05, 4.69) is 22.1 Å². The molecule has 126 valence electrons. The van der Waals surface area contributed by atoms with E-state index in [1.807, 2.05) is 31.3 Å². The topological polar surface area (TPSA) is 47.9 Å². The summed E-state index contributed by atoms with van der Waals surface area (Å²) in [5.74, 6) is 1.71. The quantitative estimate of drug-likeness (QED) is 0.687. The first-order valence-electron chi connectivity index (χ1n) is 8.27. The van der Waals surface area contributed by atoms with Crippen LogP contribution < -0.4 is 5.32 Å². The van der Waals surface area contributed by atoms with Gasteiger partial charge in [-0.15, -0.1) is 0 Å². The SMILES string of the molecule is CN=C(NCc1ccc(C(=O)N(C)C)cc1)N1CCCC(C)C1. The Balaban J connectivity index is 1.93. The molecule has 0 radical (unpaired) electrons. The van der Waals surface area contributed by atoms with E-state index in [4.69, 9.17) is 0 Å². The molecule has 1 atom stereocenters. The zero-order chi connectivity index (χ0) is 16.8. The number of guanidine groups is 1. The van der Waals surface area contributed by atoms with Crippen LogP contribution in [0.25, 0.3) is 0 Å². The van der Waals surface area contributed by atoms with Gasteiger partial charge in [-0.1, -0.05) is 19.1 Å². The molecule has 2 rings (SSSR count). The molecule has 0 saturated carbocycles. The number of aliphatic imine (C=N–C) groups is 1. The van der Waals surface area contributed by atoms with E-state index in [1.165, 1.54) is 12.8 Å². The van der Waals surface area contributed by atoms with Crippen molar-refractivity contribution >= 4 is 11.9 Å². The lowest BCUT2D eigenvalue weighted by atomic mass is 10.0. The number of carbonyl (C=O) groups is 1. The highest BCUT2D eigenvalue weighted by atomic mass is 16.2. The van der Waals surface area contributed by atoms with Crippen molar-refractivity contribution in [2.75, 3.05) is 34.2 Å². The predicted molar refractivity (Wildman–Crippen MR) is 94.6 cm³/mol. The molecule has 1 heterocycles. The Morgan fingerprint density at radius 1 is 1.35 bits per heavy atom. The molecule has 1 N–H and O–H groups in total. The third kappa shape index (κ3) is 4.71. The number of amides is 1. The molecule has 0 aliphatic carbocycles. The maximum absolute atomic E-state index is 11.9. The van der Waals surface area contributed by atoms with E-state index in [9.17, 15) is 4.79 Å². The molecule has 1 aromatic carbocycles. The maximum atomic E-state index is 11.9. The largest absolute Gasteiger partial charge is 0.352 e. The average molecular weight is 316 g/mol. The Hall–Kier alpha value is -2.04. The maximum Gasteiger partial charge on any atom is 0.253 e. The summed E-state index contributed by atoms with van der Waals surface area (Å²) in [4.78, 5) is 20.2. The van der Waals surface area contributed by atoms with E-state index >= 15 is 0 Å². The molecule has 23 heavy (non-hydrogen) atoms. The van der Waals surface area contributed by atoms with E-state index in [0.717, 1.165) is 30.5 Å². The highest BCUT2D eigenvalue weighted by Crippen LogP contribution is 2.15. The van der Waals surface area contributed by atoms with Crippen molar-refractivity contribution in [3.8, 4) is 0 Å². The fraction of sp³-hybridized carbons (Fsp3) is 0.556. The van der Waals surface area contributed by atoms with E-state index < -0.39 is 0 Å². The minimum Gasteiger partial charge on any atom is -0.352 e. The first-order chi connectivity index (χ1) is 11.0. The van der Waals surface area contributed by atoms with E-state index in [-0.39, 0.29) is 5.91 Å². The van der Waals surface area contributed by atoms with Crippen molar-refractivity contribution in [1.82, 2.24) is 15.1 Å². The minimum atomic E-state index is 0.0302.